The molecule has 0 spiro atoms. The number of nitrogens with zero attached hydrogens (tertiary/aromatic N) is 1. The van der Waals surface area contributed by atoms with Crippen molar-refractivity contribution < 1.29 is 0 Å². The van der Waals surface area contributed by atoms with Crippen molar-refractivity contribution in [2.24, 2.45) is 11.8 Å². The number of hydrogen-bond acceptors (Lipinski definition) is 2. The van der Waals surface area contributed by atoms with Crippen molar-refractivity contribution in [1.29, 1.82) is 0 Å². The highest BCUT2D eigenvalue weighted by molar-refractivity contribution is 4.86. The van der Waals surface area contributed by atoms with Gasteiger partial charge in [-0.25, -0.2) is 0 Å². The van der Waals surface area contributed by atoms with Gasteiger partial charge in [0.25, 0.3) is 0 Å². The third-order valence-electron chi connectivity index (χ3n) is 4.57. The lowest BCUT2D eigenvalue weighted by Gasteiger charge is -2.25. The predicted octanol–water partition coefficient (Wildman–Crippen LogP) is 2.50. The van der Waals surface area contributed by atoms with Crippen molar-refractivity contribution in [3.8, 4) is 0 Å². The summed E-state index contributed by atoms with van der Waals surface area (Å²) >= 11 is 0. The maximum atomic E-state index is 3.67. The maximum absolute atomic E-state index is 3.67. The second-order valence-electron chi connectivity index (χ2n) is 5.68. The van der Waals surface area contributed by atoms with E-state index in [1.807, 2.05) is 0 Å². The first-order valence-corrected chi connectivity index (χ1v) is 7.29. The normalized spacial score (nSPS) is 36.0. The van der Waals surface area contributed by atoms with Gasteiger partial charge in [-0.05, 0) is 44.2 Å². The first kappa shape index (κ1) is 12.4. The summed E-state index contributed by atoms with van der Waals surface area (Å²) in [7, 11) is 0. The molecule has 0 amide bonds. The topological polar surface area (TPSA) is 15.3 Å². The molecule has 1 N–H and O–H groups in total. The van der Waals surface area contributed by atoms with E-state index in [-0.39, 0.29) is 0 Å². The molecule has 1 aliphatic carbocycles. The third kappa shape index (κ3) is 2.98. The standard InChI is InChI=1S/C14H28N2/c1-3-12-8-9-16(10-12)11-13-6-5-7-14(13)15-4-2/h12-15H,3-11H2,1-2H3. The molecule has 1 aliphatic heterocycles. The second kappa shape index (κ2) is 6.02. The molecular formula is C14H28N2. The Balaban J connectivity index is 1.76. The highest BCUT2D eigenvalue weighted by atomic mass is 15.2. The number of nitrogens with one attached hydrogen (secondary N) is 1. The fourth-order valence-corrected chi connectivity index (χ4v) is 3.53. The minimum Gasteiger partial charge on any atom is -0.314 e. The van der Waals surface area contributed by atoms with Crippen LogP contribution in [0.1, 0.15) is 46.0 Å². The molecule has 0 aromatic rings. The molecule has 0 aromatic heterocycles. The van der Waals surface area contributed by atoms with Crippen LogP contribution in [0.4, 0.5) is 0 Å². The Morgan fingerprint density at radius 1 is 1.19 bits per heavy atom. The molecule has 2 fully saturated rings. The fourth-order valence-electron chi connectivity index (χ4n) is 3.53. The van der Waals surface area contributed by atoms with Crippen LogP contribution in [0.5, 0.6) is 0 Å². The summed E-state index contributed by atoms with van der Waals surface area (Å²) < 4.78 is 0. The van der Waals surface area contributed by atoms with E-state index in [0.717, 1.165) is 24.4 Å². The lowest BCUT2D eigenvalue weighted by Crippen LogP contribution is -2.38. The van der Waals surface area contributed by atoms with E-state index in [1.54, 1.807) is 0 Å². The first-order chi connectivity index (χ1) is 7.83. The molecule has 94 valence electrons. The summed E-state index contributed by atoms with van der Waals surface area (Å²) in [6.07, 6.45) is 7.11. The fraction of sp³-hybridized carbons (Fsp3) is 1.00. The van der Waals surface area contributed by atoms with Gasteiger partial charge >= 0.3 is 0 Å². The maximum Gasteiger partial charge on any atom is 0.0107 e. The van der Waals surface area contributed by atoms with Gasteiger partial charge in [0.15, 0.2) is 0 Å². The summed E-state index contributed by atoms with van der Waals surface area (Å²) in [4.78, 5) is 2.72. The molecule has 2 nitrogen and oxygen atoms in total. The zero-order valence-corrected chi connectivity index (χ0v) is 11.0. The Morgan fingerprint density at radius 3 is 2.75 bits per heavy atom. The lowest BCUT2D eigenvalue weighted by atomic mass is 10.0. The SMILES string of the molecule is CCNC1CCCC1CN1CCC(CC)C1. The van der Waals surface area contributed by atoms with E-state index >= 15 is 0 Å². The van der Waals surface area contributed by atoms with E-state index in [9.17, 15) is 0 Å². The van der Waals surface area contributed by atoms with E-state index in [0.29, 0.717) is 0 Å². The minimum atomic E-state index is 0.811. The highest BCUT2D eigenvalue weighted by Gasteiger charge is 2.30. The van der Waals surface area contributed by atoms with Gasteiger partial charge < -0.3 is 10.2 Å². The molecule has 2 aliphatic rings. The number of rotatable bonds is 5. The Kier molecular flexibility index (Phi) is 4.66. The van der Waals surface area contributed by atoms with Crippen LogP contribution in [-0.2, 0) is 0 Å². The summed E-state index contributed by atoms with van der Waals surface area (Å²) in [5.41, 5.74) is 0. The highest BCUT2D eigenvalue weighted by Crippen LogP contribution is 2.28. The Labute approximate surface area is 101 Å². The zero-order valence-electron chi connectivity index (χ0n) is 11.0. The van der Waals surface area contributed by atoms with Crippen molar-refractivity contribution in [2.45, 2.75) is 52.0 Å². The van der Waals surface area contributed by atoms with Crippen LogP contribution in [0.2, 0.25) is 0 Å². The molecule has 0 aromatic carbocycles. The van der Waals surface area contributed by atoms with Crippen molar-refractivity contribution in [3.05, 3.63) is 0 Å². The Bertz CT molecular complexity index is 205. The molecule has 3 atom stereocenters. The Hall–Kier alpha value is -0.0800. The van der Waals surface area contributed by atoms with Gasteiger partial charge in [0.1, 0.15) is 0 Å². The molecule has 1 saturated carbocycles. The van der Waals surface area contributed by atoms with Crippen molar-refractivity contribution >= 4 is 0 Å². The van der Waals surface area contributed by atoms with Gasteiger partial charge in [-0.15, -0.1) is 0 Å². The third-order valence-corrected chi connectivity index (χ3v) is 4.57. The van der Waals surface area contributed by atoms with E-state index in [2.05, 4.69) is 24.1 Å². The van der Waals surface area contributed by atoms with Crippen LogP contribution in [0, 0.1) is 11.8 Å². The number of likely N-dealkylation sites (tertiary alicyclic amines) is 1. The van der Waals surface area contributed by atoms with Crippen LogP contribution in [0.25, 0.3) is 0 Å². The molecule has 2 heteroatoms. The minimum absolute atomic E-state index is 0.811. The van der Waals surface area contributed by atoms with Crippen LogP contribution in [0.15, 0.2) is 0 Å². The van der Waals surface area contributed by atoms with Crippen LogP contribution in [-0.4, -0.2) is 37.1 Å². The Morgan fingerprint density at radius 2 is 2.06 bits per heavy atom. The summed E-state index contributed by atoms with van der Waals surface area (Å²) in [6.45, 7) is 9.79. The van der Waals surface area contributed by atoms with Gasteiger partial charge in [-0.2, -0.15) is 0 Å². The summed E-state index contributed by atoms with van der Waals surface area (Å²) in [5, 5.41) is 3.67. The van der Waals surface area contributed by atoms with Crippen molar-refractivity contribution in [1.82, 2.24) is 10.2 Å². The molecule has 3 unspecified atom stereocenters. The molecule has 0 bridgehead atoms. The van der Waals surface area contributed by atoms with Gasteiger partial charge in [0.05, 0.1) is 0 Å². The van der Waals surface area contributed by atoms with E-state index in [4.69, 9.17) is 0 Å². The van der Waals surface area contributed by atoms with Crippen molar-refractivity contribution in [3.63, 3.8) is 0 Å². The van der Waals surface area contributed by atoms with Gasteiger partial charge in [-0.3, -0.25) is 0 Å². The lowest BCUT2D eigenvalue weighted by molar-refractivity contribution is 0.245. The zero-order chi connectivity index (χ0) is 11.4. The van der Waals surface area contributed by atoms with E-state index < -0.39 is 0 Å². The largest absolute Gasteiger partial charge is 0.314 e. The molecule has 16 heavy (non-hydrogen) atoms. The number of hydrogen-bond donors (Lipinski definition) is 1. The summed E-state index contributed by atoms with van der Waals surface area (Å²) in [5.74, 6) is 1.91. The molecular weight excluding hydrogens is 196 g/mol. The molecule has 1 heterocycles. The smallest absolute Gasteiger partial charge is 0.0107 e. The van der Waals surface area contributed by atoms with Crippen LogP contribution in [0.3, 0.4) is 0 Å². The van der Waals surface area contributed by atoms with Gasteiger partial charge in [0, 0.05) is 19.1 Å². The second-order valence-corrected chi connectivity index (χ2v) is 5.68. The molecule has 0 radical (unpaired) electrons. The van der Waals surface area contributed by atoms with E-state index in [1.165, 1.54) is 51.7 Å². The van der Waals surface area contributed by atoms with Crippen LogP contribution >= 0.6 is 0 Å². The first-order valence-electron chi connectivity index (χ1n) is 7.29. The molecule has 2 rings (SSSR count). The van der Waals surface area contributed by atoms with Gasteiger partial charge in [0.2, 0.25) is 0 Å². The van der Waals surface area contributed by atoms with Gasteiger partial charge in [-0.1, -0.05) is 26.7 Å². The van der Waals surface area contributed by atoms with Crippen molar-refractivity contribution in [2.75, 3.05) is 26.2 Å². The summed E-state index contributed by atoms with van der Waals surface area (Å²) in [6, 6.07) is 0.811. The predicted molar refractivity (Wildman–Crippen MR) is 69.6 cm³/mol. The van der Waals surface area contributed by atoms with Crippen LogP contribution < -0.4 is 5.32 Å². The quantitative estimate of drug-likeness (QED) is 0.772. The molecule has 1 saturated heterocycles. The average Bonchev–Trinajstić information content (AvgIpc) is 2.90. The average molecular weight is 224 g/mol. The monoisotopic (exact) mass is 224 g/mol.